The molecule has 5 nitrogen and oxygen atoms in total. The van der Waals surface area contributed by atoms with Crippen LogP contribution in [0, 0.1) is 23.7 Å². The Kier molecular flexibility index (Phi) is 5.28. The second kappa shape index (κ2) is 8.03. The Bertz CT molecular complexity index is 797. The Labute approximate surface area is 174 Å². The molecule has 0 spiro atoms. The SMILES string of the molecule is O=C(CSc1nnc(NCc2ccccc2)s1)NC1C2CC3CC(C2)CC1C3. The van der Waals surface area contributed by atoms with Gasteiger partial charge in [-0.1, -0.05) is 53.4 Å². The highest BCUT2D eigenvalue weighted by molar-refractivity contribution is 8.01. The predicted molar refractivity (Wildman–Crippen MR) is 113 cm³/mol. The van der Waals surface area contributed by atoms with E-state index in [1.54, 1.807) is 0 Å². The van der Waals surface area contributed by atoms with Crippen LogP contribution >= 0.6 is 23.1 Å². The summed E-state index contributed by atoms with van der Waals surface area (Å²) >= 11 is 3.00. The van der Waals surface area contributed by atoms with Crippen molar-refractivity contribution < 1.29 is 4.79 Å². The molecule has 28 heavy (non-hydrogen) atoms. The molecule has 4 aliphatic rings. The number of anilines is 1. The molecular formula is C21H26N4OS2. The van der Waals surface area contributed by atoms with E-state index in [0.717, 1.165) is 39.7 Å². The zero-order chi connectivity index (χ0) is 18.9. The van der Waals surface area contributed by atoms with Gasteiger partial charge in [0.25, 0.3) is 0 Å². The van der Waals surface area contributed by atoms with E-state index < -0.39 is 0 Å². The lowest BCUT2D eigenvalue weighted by atomic mass is 9.54. The average Bonchev–Trinajstić information content (AvgIpc) is 3.16. The van der Waals surface area contributed by atoms with Crippen molar-refractivity contribution in [1.29, 1.82) is 0 Å². The van der Waals surface area contributed by atoms with E-state index in [1.165, 1.54) is 60.8 Å². The number of rotatable bonds is 7. The summed E-state index contributed by atoms with van der Waals surface area (Å²) in [6.07, 6.45) is 6.77. The zero-order valence-electron chi connectivity index (χ0n) is 15.8. The molecule has 4 saturated carbocycles. The fraction of sp³-hybridized carbons (Fsp3) is 0.571. The lowest BCUT2D eigenvalue weighted by Gasteiger charge is -2.54. The van der Waals surface area contributed by atoms with Crippen LogP contribution in [0.15, 0.2) is 34.7 Å². The maximum absolute atomic E-state index is 12.5. The first-order chi connectivity index (χ1) is 13.7. The van der Waals surface area contributed by atoms with Gasteiger partial charge in [-0.3, -0.25) is 4.79 Å². The highest BCUT2D eigenvalue weighted by Crippen LogP contribution is 2.53. The zero-order valence-corrected chi connectivity index (χ0v) is 17.5. The predicted octanol–water partition coefficient (Wildman–Crippen LogP) is 4.18. The number of aromatic nitrogens is 2. The van der Waals surface area contributed by atoms with Gasteiger partial charge in [0, 0.05) is 12.6 Å². The molecule has 4 fully saturated rings. The summed E-state index contributed by atoms with van der Waals surface area (Å²) in [5.41, 5.74) is 1.21. The second-order valence-electron chi connectivity index (χ2n) is 8.52. The lowest BCUT2D eigenvalue weighted by molar-refractivity contribution is -0.122. The molecule has 2 N–H and O–H groups in total. The van der Waals surface area contributed by atoms with E-state index in [2.05, 4.69) is 33.0 Å². The van der Waals surface area contributed by atoms with Gasteiger partial charge in [0.15, 0.2) is 4.34 Å². The minimum atomic E-state index is 0.150. The van der Waals surface area contributed by atoms with Crippen LogP contribution in [-0.2, 0) is 11.3 Å². The minimum Gasteiger partial charge on any atom is -0.356 e. The van der Waals surface area contributed by atoms with Crippen molar-refractivity contribution in [2.45, 2.75) is 49.0 Å². The van der Waals surface area contributed by atoms with Crippen molar-refractivity contribution in [3.05, 3.63) is 35.9 Å². The van der Waals surface area contributed by atoms with E-state index in [9.17, 15) is 4.79 Å². The molecule has 4 aliphatic carbocycles. The molecular weight excluding hydrogens is 388 g/mol. The number of nitrogens with one attached hydrogen (secondary N) is 2. The van der Waals surface area contributed by atoms with Gasteiger partial charge in [0.1, 0.15) is 0 Å². The van der Waals surface area contributed by atoms with Gasteiger partial charge in [0.2, 0.25) is 11.0 Å². The topological polar surface area (TPSA) is 66.9 Å². The van der Waals surface area contributed by atoms with Gasteiger partial charge in [-0.15, -0.1) is 10.2 Å². The highest BCUT2D eigenvalue weighted by atomic mass is 32.2. The number of carbonyl (C=O) groups excluding carboxylic acids is 1. The molecule has 1 aromatic carbocycles. The third-order valence-corrected chi connectivity index (χ3v) is 8.59. The molecule has 1 amide bonds. The van der Waals surface area contributed by atoms with Gasteiger partial charge in [-0.05, 0) is 61.3 Å². The van der Waals surface area contributed by atoms with Crippen molar-refractivity contribution >= 4 is 34.1 Å². The quantitative estimate of drug-likeness (QED) is 0.665. The van der Waals surface area contributed by atoms with Crippen molar-refractivity contribution in [3.8, 4) is 0 Å². The maximum atomic E-state index is 12.5. The van der Waals surface area contributed by atoms with Crippen LogP contribution in [0.2, 0.25) is 0 Å². The van der Waals surface area contributed by atoms with Crippen LogP contribution in [0.25, 0.3) is 0 Å². The standard InChI is InChI=1S/C21H26N4OS2/c26-18(23-19-16-7-14-6-15(9-16)10-17(19)8-14)12-27-21-25-24-20(28-21)22-11-13-4-2-1-3-5-13/h1-5,14-17,19H,6-12H2,(H,22,24)(H,23,26). The second-order valence-corrected chi connectivity index (χ2v) is 10.7. The third-order valence-electron chi connectivity index (χ3n) is 6.57. The molecule has 0 aliphatic heterocycles. The van der Waals surface area contributed by atoms with Crippen molar-refractivity contribution in [1.82, 2.24) is 15.5 Å². The number of carbonyl (C=O) groups is 1. The van der Waals surface area contributed by atoms with E-state index in [4.69, 9.17) is 0 Å². The molecule has 0 unspecified atom stereocenters. The summed E-state index contributed by atoms with van der Waals surface area (Å²) in [6, 6.07) is 10.6. The van der Waals surface area contributed by atoms with Crippen LogP contribution in [-0.4, -0.2) is 27.9 Å². The Morgan fingerprint density at radius 1 is 1.04 bits per heavy atom. The first kappa shape index (κ1) is 18.4. The largest absolute Gasteiger partial charge is 0.356 e. The monoisotopic (exact) mass is 414 g/mol. The molecule has 1 heterocycles. The minimum absolute atomic E-state index is 0.150. The first-order valence-corrected chi connectivity index (χ1v) is 12.1. The normalized spacial score (nSPS) is 30.4. The van der Waals surface area contributed by atoms with Crippen molar-refractivity contribution in [3.63, 3.8) is 0 Å². The molecule has 0 saturated heterocycles. The molecule has 1 aromatic heterocycles. The molecule has 6 rings (SSSR count). The Hall–Kier alpha value is -1.60. The van der Waals surface area contributed by atoms with Crippen LogP contribution in [0.4, 0.5) is 5.13 Å². The number of hydrogen-bond acceptors (Lipinski definition) is 6. The molecule has 0 radical (unpaired) electrons. The van der Waals surface area contributed by atoms with Crippen LogP contribution in [0.1, 0.15) is 37.7 Å². The summed E-state index contributed by atoms with van der Waals surface area (Å²) in [6.45, 7) is 0.729. The van der Waals surface area contributed by atoms with Gasteiger partial charge < -0.3 is 10.6 Å². The van der Waals surface area contributed by atoms with Gasteiger partial charge in [-0.25, -0.2) is 0 Å². The average molecular weight is 415 g/mol. The summed E-state index contributed by atoms with van der Waals surface area (Å²) in [7, 11) is 0. The van der Waals surface area contributed by atoms with E-state index in [1.807, 2.05) is 18.2 Å². The third kappa shape index (κ3) is 4.06. The first-order valence-electron chi connectivity index (χ1n) is 10.3. The summed E-state index contributed by atoms with van der Waals surface area (Å²) in [5, 5.41) is 15.9. The summed E-state index contributed by atoms with van der Waals surface area (Å²) < 4.78 is 0.843. The molecule has 0 atom stereocenters. The van der Waals surface area contributed by atoms with E-state index in [0.29, 0.717) is 11.8 Å². The number of thioether (sulfide) groups is 1. The fourth-order valence-corrected chi connectivity index (χ4v) is 7.19. The van der Waals surface area contributed by atoms with E-state index >= 15 is 0 Å². The number of nitrogens with zero attached hydrogens (tertiary/aromatic N) is 2. The van der Waals surface area contributed by atoms with Crippen LogP contribution in [0.5, 0.6) is 0 Å². The number of amides is 1. The van der Waals surface area contributed by atoms with Crippen LogP contribution in [0.3, 0.4) is 0 Å². The fourth-order valence-electron chi connectivity index (χ4n) is 5.63. The maximum Gasteiger partial charge on any atom is 0.230 e. The van der Waals surface area contributed by atoms with Crippen LogP contribution < -0.4 is 10.6 Å². The van der Waals surface area contributed by atoms with Crippen molar-refractivity contribution in [2.75, 3.05) is 11.1 Å². The Balaban J connectivity index is 1.09. The van der Waals surface area contributed by atoms with E-state index in [-0.39, 0.29) is 5.91 Å². The number of benzene rings is 1. The smallest absolute Gasteiger partial charge is 0.230 e. The Morgan fingerprint density at radius 2 is 1.75 bits per heavy atom. The van der Waals surface area contributed by atoms with Gasteiger partial charge >= 0.3 is 0 Å². The molecule has 148 valence electrons. The van der Waals surface area contributed by atoms with Gasteiger partial charge in [0.05, 0.1) is 5.75 Å². The molecule has 7 heteroatoms. The van der Waals surface area contributed by atoms with Crippen molar-refractivity contribution in [2.24, 2.45) is 23.7 Å². The summed E-state index contributed by atoms with van der Waals surface area (Å²) in [4.78, 5) is 12.5. The Morgan fingerprint density at radius 3 is 2.46 bits per heavy atom. The molecule has 4 bridgehead atoms. The highest BCUT2D eigenvalue weighted by Gasteiger charge is 2.48. The summed E-state index contributed by atoms with van der Waals surface area (Å²) in [5.74, 6) is 3.90. The lowest BCUT2D eigenvalue weighted by Crippen LogP contribution is -2.56. The van der Waals surface area contributed by atoms with Gasteiger partial charge in [-0.2, -0.15) is 0 Å². The number of hydrogen-bond donors (Lipinski definition) is 2. The molecule has 2 aromatic rings.